The molecule has 0 saturated carbocycles. The molecule has 5 rings (SSSR count). The summed E-state index contributed by atoms with van der Waals surface area (Å²) in [5.41, 5.74) is 6.61. The molecule has 2 aromatic carbocycles. The highest BCUT2D eigenvalue weighted by molar-refractivity contribution is 6.00. The minimum atomic E-state index is -4.63. The van der Waals surface area contributed by atoms with Gasteiger partial charge in [0.15, 0.2) is 0 Å². The number of nitrogens with zero attached hydrogens (tertiary/aromatic N) is 6. The van der Waals surface area contributed by atoms with Crippen LogP contribution in [-0.4, -0.2) is 36.0 Å². The maximum atomic E-state index is 13.5. The van der Waals surface area contributed by atoms with E-state index >= 15 is 0 Å². The Labute approximate surface area is 229 Å². The predicted octanol–water partition coefficient (Wildman–Crippen LogP) is 5.60. The average Bonchev–Trinajstić information content (AvgIpc) is 3.37. The number of aryl methyl sites for hydroxylation is 1. The van der Waals surface area contributed by atoms with Crippen LogP contribution in [0.15, 0.2) is 73.3 Å². The molecular formula is C26H19F4N9O2. The smallest absolute Gasteiger partial charge is 0.416 e. The maximum Gasteiger partial charge on any atom is 0.416 e. The topological polar surface area (TPSA) is 146 Å². The molecule has 2 amide bonds. The third-order valence-corrected chi connectivity index (χ3v) is 5.57. The molecule has 0 atom stereocenters. The summed E-state index contributed by atoms with van der Waals surface area (Å²) in [6.07, 6.45) is 0.405. The molecule has 0 saturated heterocycles. The van der Waals surface area contributed by atoms with Crippen molar-refractivity contribution >= 4 is 23.2 Å². The monoisotopic (exact) mass is 565 g/mol. The van der Waals surface area contributed by atoms with Gasteiger partial charge < -0.3 is 21.1 Å². The highest BCUT2D eigenvalue weighted by atomic mass is 19.4. The number of carbonyl (C=O) groups is 1. The molecule has 15 heteroatoms. The Hall–Kier alpha value is -5.60. The van der Waals surface area contributed by atoms with Crippen molar-refractivity contribution in [2.45, 2.75) is 13.1 Å². The quantitative estimate of drug-likeness (QED) is 0.226. The fourth-order valence-corrected chi connectivity index (χ4v) is 3.68. The number of hydrogen-bond donors (Lipinski definition) is 3. The second kappa shape index (κ2) is 10.9. The number of rotatable bonds is 6. The lowest BCUT2D eigenvalue weighted by atomic mass is 10.1. The number of nitrogen functional groups attached to an aromatic ring is 1. The number of nitrogens with two attached hydrogens (primary N) is 1. The first-order valence-electron chi connectivity index (χ1n) is 11.7. The van der Waals surface area contributed by atoms with Crippen LogP contribution in [0.4, 0.5) is 39.5 Å². The van der Waals surface area contributed by atoms with Crippen LogP contribution in [-0.2, 0) is 6.18 Å². The minimum absolute atomic E-state index is 0.0441. The van der Waals surface area contributed by atoms with Gasteiger partial charge in [-0.15, -0.1) is 5.10 Å². The van der Waals surface area contributed by atoms with E-state index in [-0.39, 0.29) is 28.9 Å². The molecule has 5 aromatic rings. The molecule has 3 aromatic heterocycles. The fraction of sp³-hybridized carbons (Fsp3) is 0.0769. The van der Waals surface area contributed by atoms with Crippen LogP contribution in [0.5, 0.6) is 11.8 Å². The molecule has 0 radical (unpaired) electrons. The van der Waals surface area contributed by atoms with Gasteiger partial charge in [0.05, 0.1) is 53.1 Å². The molecule has 4 N–H and O–H groups in total. The number of amides is 2. The molecule has 41 heavy (non-hydrogen) atoms. The van der Waals surface area contributed by atoms with E-state index in [1.807, 2.05) is 0 Å². The normalized spacial score (nSPS) is 11.2. The summed E-state index contributed by atoms with van der Waals surface area (Å²) in [5.74, 6) is 0.0229. The van der Waals surface area contributed by atoms with Gasteiger partial charge in [-0.05, 0) is 48.9 Å². The number of halogens is 4. The minimum Gasteiger partial charge on any atom is -0.424 e. The van der Waals surface area contributed by atoms with Crippen LogP contribution in [0.2, 0.25) is 0 Å². The van der Waals surface area contributed by atoms with Crippen LogP contribution < -0.4 is 21.1 Å². The van der Waals surface area contributed by atoms with Crippen molar-refractivity contribution in [3.05, 3.63) is 90.4 Å². The van der Waals surface area contributed by atoms with Crippen LogP contribution in [0.25, 0.3) is 16.8 Å². The molecule has 208 valence electrons. The summed E-state index contributed by atoms with van der Waals surface area (Å²) < 4.78 is 60.3. The Morgan fingerprint density at radius 1 is 0.976 bits per heavy atom. The zero-order chi connectivity index (χ0) is 29.1. The summed E-state index contributed by atoms with van der Waals surface area (Å²) in [7, 11) is 0. The molecule has 0 bridgehead atoms. The third kappa shape index (κ3) is 6.35. The molecule has 0 spiro atoms. The maximum absolute atomic E-state index is 13.5. The van der Waals surface area contributed by atoms with Gasteiger partial charge in [0.25, 0.3) is 0 Å². The second-order valence-electron chi connectivity index (χ2n) is 8.58. The first-order valence-corrected chi connectivity index (χ1v) is 11.7. The van der Waals surface area contributed by atoms with E-state index in [0.717, 1.165) is 18.3 Å². The molecule has 0 fully saturated rings. The number of benzene rings is 2. The van der Waals surface area contributed by atoms with Gasteiger partial charge in [-0.25, -0.2) is 28.8 Å². The standard InChI is InChI=1S/C26H19F4N9O2/c1-14-13-39(38-37-14)22-7-4-16(26(28,29)30)8-21(22)36-24(40)35-18-11-33-25(34-12-18)41-19-5-2-15(3-6-19)20-9-17(27)10-32-23(20)31/h2-13H,1H3,(H2,31,32)(H2,35,36,40). The second-order valence-corrected chi connectivity index (χ2v) is 8.58. The molecule has 0 aliphatic carbocycles. The summed E-state index contributed by atoms with van der Waals surface area (Å²) in [6, 6.07) is 9.76. The van der Waals surface area contributed by atoms with E-state index in [0.29, 0.717) is 22.6 Å². The number of carbonyl (C=O) groups excluding carboxylic acids is 1. The fourth-order valence-electron chi connectivity index (χ4n) is 3.68. The highest BCUT2D eigenvalue weighted by Gasteiger charge is 2.31. The van der Waals surface area contributed by atoms with Crippen LogP contribution in [0.3, 0.4) is 0 Å². The third-order valence-electron chi connectivity index (χ3n) is 5.57. The number of anilines is 3. The molecule has 0 aliphatic rings. The Balaban J connectivity index is 1.26. The van der Waals surface area contributed by atoms with E-state index in [1.54, 1.807) is 31.2 Å². The van der Waals surface area contributed by atoms with Gasteiger partial charge in [-0.3, -0.25) is 0 Å². The molecular weight excluding hydrogens is 546 g/mol. The summed E-state index contributed by atoms with van der Waals surface area (Å²) in [6.45, 7) is 1.66. The Morgan fingerprint density at radius 3 is 2.37 bits per heavy atom. The Bertz CT molecular complexity index is 1710. The number of ether oxygens (including phenoxy) is 1. The van der Waals surface area contributed by atoms with Gasteiger partial charge in [0.1, 0.15) is 17.4 Å². The van der Waals surface area contributed by atoms with Gasteiger partial charge in [0, 0.05) is 5.56 Å². The lowest BCUT2D eigenvalue weighted by Gasteiger charge is -2.15. The average molecular weight is 565 g/mol. The van der Waals surface area contributed by atoms with Gasteiger partial charge in [-0.2, -0.15) is 13.2 Å². The zero-order valence-corrected chi connectivity index (χ0v) is 21.0. The summed E-state index contributed by atoms with van der Waals surface area (Å²) in [5, 5.41) is 12.5. The van der Waals surface area contributed by atoms with Gasteiger partial charge >= 0.3 is 18.2 Å². The highest BCUT2D eigenvalue weighted by Crippen LogP contribution is 2.33. The molecule has 11 nitrogen and oxygen atoms in total. The largest absolute Gasteiger partial charge is 0.424 e. The number of alkyl halides is 3. The zero-order valence-electron chi connectivity index (χ0n) is 21.0. The van der Waals surface area contributed by atoms with Crippen molar-refractivity contribution in [3.63, 3.8) is 0 Å². The van der Waals surface area contributed by atoms with Crippen LogP contribution in [0, 0.1) is 12.7 Å². The van der Waals surface area contributed by atoms with E-state index < -0.39 is 23.6 Å². The molecule has 3 heterocycles. The van der Waals surface area contributed by atoms with E-state index in [2.05, 4.69) is 35.9 Å². The van der Waals surface area contributed by atoms with Crippen molar-refractivity contribution in [3.8, 4) is 28.6 Å². The SMILES string of the molecule is Cc1cn(-c2ccc(C(F)(F)F)cc2NC(=O)Nc2cnc(Oc3ccc(-c4cc(F)cnc4N)cc3)nc2)nn1. The number of urea groups is 1. The van der Waals surface area contributed by atoms with E-state index in [9.17, 15) is 22.4 Å². The molecule has 0 aliphatic heterocycles. The number of pyridine rings is 1. The lowest BCUT2D eigenvalue weighted by Crippen LogP contribution is -2.21. The Kier molecular flexibility index (Phi) is 7.16. The Morgan fingerprint density at radius 2 is 1.71 bits per heavy atom. The van der Waals surface area contributed by atoms with Crippen LogP contribution in [0.1, 0.15) is 11.3 Å². The van der Waals surface area contributed by atoms with Gasteiger partial charge in [0.2, 0.25) is 0 Å². The first-order chi connectivity index (χ1) is 19.5. The van der Waals surface area contributed by atoms with E-state index in [4.69, 9.17) is 10.5 Å². The van der Waals surface area contributed by atoms with Crippen molar-refractivity contribution in [1.29, 1.82) is 0 Å². The van der Waals surface area contributed by atoms with Crippen molar-refractivity contribution in [1.82, 2.24) is 29.9 Å². The first kappa shape index (κ1) is 27.0. The number of nitrogens with one attached hydrogen (secondary N) is 2. The van der Waals surface area contributed by atoms with Gasteiger partial charge in [-0.1, -0.05) is 17.3 Å². The van der Waals surface area contributed by atoms with E-state index in [1.165, 1.54) is 35.4 Å². The van der Waals surface area contributed by atoms with Crippen molar-refractivity contribution in [2.24, 2.45) is 0 Å². The number of aromatic nitrogens is 6. The molecule has 0 unspecified atom stereocenters. The van der Waals surface area contributed by atoms with Crippen LogP contribution >= 0.6 is 0 Å². The number of hydrogen-bond acceptors (Lipinski definition) is 8. The summed E-state index contributed by atoms with van der Waals surface area (Å²) in [4.78, 5) is 24.5. The van der Waals surface area contributed by atoms with Crippen molar-refractivity contribution < 1.29 is 27.1 Å². The lowest BCUT2D eigenvalue weighted by molar-refractivity contribution is -0.137. The summed E-state index contributed by atoms with van der Waals surface area (Å²) >= 11 is 0. The van der Waals surface area contributed by atoms with Crippen molar-refractivity contribution in [2.75, 3.05) is 16.4 Å². The predicted molar refractivity (Wildman–Crippen MR) is 140 cm³/mol.